The highest BCUT2D eigenvalue weighted by molar-refractivity contribution is 4.84. The smallest absolute Gasteiger partial charge is 0.0316 e. The minimum atomic E-state index is 0.845. The summed E-state index contributed by atoms with van der Waals surface area (Å²) in [5.41, 5.74) is 0. The molecule has 0 aliphatic carbocycles. The summed E-state index contributed by atoms with van der Waals surface area (Å²) in [6, 6.07) is 0. The highest BCUT2D eigenvalue weighted by atomic mass is 14.0. The molecule has 1 radical (unpaired) electrons. The van der Waals surface area contributed by atoms with Crippen molar-refractivity contribution in [3.8, 4) is 0 Å². The van der Waals surface area contributed by atoms with Crippen LogP contribution in [0.3, 0.4) is 0 Å². The van der Waals surface area contributed by atoms with Crippen LogP contribution in [-0.4, -0.2) is 0 Å². The van der Waals surface area contributed by atoms with Crippen molar-refractivity contribution >= 4 is 0 Å². The van der Waals surface area contributed by atoms with Gasteiger partial charge in [-0.3, -0.25) is 0 Å². The largest absolute Gasteiger partial charge is 0.0883 e. The maximum absolute atomic E-state index is 3.66. The Kier molecular flexibility index (Phi) is 6.68. The van der Waals surface area contributed by atoms with Gasteiger partial charge in [0, 0.05) is 0 Å². The molecule has 0 spiro atoms. The molecule has 59 valence electrons. The highest BCUT2D eigenvalue weighted by Crippen LogP contribution is 2.11. The molecule has 0 aromatic heterocycles. The van der Waals surface area contributed by atoms with E-state index in [1.807, 2.05) is 6.08 Å². The van der Waals surface area contributed by atoms with Gasteiger partial charge >= 0.3 is 0 Å². The minimum absolute atomic E-state index is 0.845. The third-order valence-electron chi connectivity index (χ3n) is 1.76. The summed E-state index contributed by atoms with van der Waals surface area (Å²) in [4.78, 5) is 0. The predicted molar refractivity (Wildman–Crippen MR) is 47.8 cm³/mol. The van der Waals surface area contributed by atoms with Crippen molar-refractivity contribution in [2.24, 2.45) is 5.92 Å². The van der Waals surface area contributed by atoms with Crippen LogP contribution < -0.4 is 0 Å². The second-order valence-electron chi connectivity index (χ2n) is 2.95. The van der Waals surface area contributed by atoms with Crippen LogP contribution in [0.15, 0.2) is 12.2 Å². The van der Waals surface area contributed by atoms with E-state index in [-0.39, 0.29) is 0 Å². The summed E-state index contributed by atoms with van der Waals surface area (Å²) in [7, 11) is 0. The summed E-state index contributed by atoms with van der Waals surface area (Å²) < 4.78 is 0. The van der Waals surface area contributed by atoms with Gasteiger partial charge in [0.15, 0.2) is 0 Å². The maximum Gasteiger partial charge on any atom is -0.0316 e. The van der Waals surface area contributed by atoms with E-state index in [1.54, 1.807) is 0 Å². The average molecular weight is 139 g/mol. The van der Waals surface area contributed by atoms with Crippen LogP contribution in [0.25, 0.3) is 0 Å². The number of allylic oxidation sites excluding steroid dienone is 2. The lowest BCUT2D eigenvalue weighted by molar-refractivity contribution is 0.512. The number of hydrogen-bond donors (Lipinski definition) is 0. The summed E-state index contributed by atoms with van der Waals surface area (Å²) >= 11 is 0. The van der Waals surface area contributed by atoms with Crippen molar-refractivity contribution < 1.29 is 0 Å². The fourth-order valence-corrected chi connectivity index (χ4v) is 0.999. The van der Waals surface area contributed by atoms with Gasteiger partial charge in [0.2, 0.25) is 0 Å². The van der Waals surface area contributed by atoms with Crippen LogP contribution >= 0.6 is 0 Å². The van der Waals surface area contributed by atoms with Crippen molar-refractivity contribution in [3.63, 3.8) is 0 Å². The second-order valence-corrected chi connectivity index (χ2v) is 2.95. The molecule has 0 fully saturated rings. The Bertz CT molecular complexity index is 82.0. The Labute approximate surface area is 65.3 Å². The first-order chi connectivity index (χ1) is 4.81. The summed E-state index contributed by atoms with van der Waals surface area (Å²) in [5, 5.41) is 0. The lowest BCUT2D eigenvalue weighted by atomic mass is 10.0. The van der Waals surface area contributed by atoms with E-state index in [0.29, 0.717) is 0 Å². The molecule has 0 bridgehead atoms. The lowest BCUT2D eigenvalue weighted by Gasteiger charge is -2.05. The topological polar surface area (TPSA) is 0 Å². The third-order valence-corrected chi connectivity index (χ3v) is 1.76. The monoisotopic (exact) mass is 139 g/mol. The Morgan fingerprint density at radius 2 is 2.20 bits per heavy atom. The van der Waals surface area contributed by atoms with Gasteiger partial charge in [0.05, 0.1) is 0 Å². The minimum Gasteiger partial charge on any atom is -0.0883 e. The maximum atomic E-state index is 3.66. The molecule has 10 heavy (non-hydrogen) atoms. The Hall–Kier alpha value is -0.260. The first kappa shape index (κ1) is 9.74. The molecule has 1 atom stereocenters. The van der Waals surface area contributed by atoms with E-state index in [4.69, 9.17) is 0 Å². The molecule has 0 saturated heterocycles. The van der Waals surface area contributed by atoms with Gasteiger partial charge in [-0.05, 0) is 19.3 Å². The second kappa shape index (κ2) is 6.85. The summed E-state index contributed by atoms with van der Waals surface area (Å²) in [6.07, 6.45) is 9.29. The van der Waals surface area contributed by atoms with Crippen LogP contribution in [0.4, 0.5) is 0 Å². The molecule has 0 N–H and O–H groups in total. The first-order valence-corrected chi connectivity index (χ1v) is 4.25. The van der Waals surface area contributed by atoms with E-state index in [2.05, 4.69) is 26.8 Å². The quantitative estimate of drug-likeness (QED) is 0.546. The molecule has 0 aromatic rings. The van der Waals surface area contributed by atoms with Gasteiger partial charge in [0.1, 0.15) is 0 Å². The molecule has 0 heteroatoms. The molecule has 1 unspecified atom stereocenters. The molecular formula is C10H19. The SMILES string of the molecule is [CH2]C=CCC(C)CCCC. The van der Waals surface area contributed by atoms with E-state index in [0.717, 1.165) is 5.92 Å². The van der Waals surface area contributed by atoms with Gasteiger partial charge in [-0.1, -0.05) is 45.3 Å². The van der Waals surface area contributed by atoms with Gasteiger partial charge in [-0.25, -0.2) is 0 Å². The predicted octanol–water partition coefficient (Wildman–Crippen LogP) is 3.59. The molecule has 0 aromatic carbocycles. The fourth-order valence-electron chi connectivity index (χ4n) is 0.999. The molecular weight excluding hydrogens is 120 g/mol. The number of hydrogen-bond acceptors (Lipinski definition) is 0. The van der Waals surface area contributed by atoms with E-state index in [9.17, 15) is 0 Å². The lowest BCUT2D eigenvalue weighted by Crippen LogP contribution is -1.91. The summed E-state index contributed by atoms with van der Waals surface area (Å²) in [6.45, 7) is 8.20. The molecule has 0 amide bonds. The van der Waals surface area contributed by atoms with Gasteiger partial charge < -0.3 is 0 Å². The Morgan fingerprint density at radius 3 is 2.70 bits per heavy atom. The number of rotatable bonds is 5. The zero-order valence-electron chi connectivity index (χ0n) is 7.27. The number of unbranched alkanes of at least 4 members (excludes halogenated alkanes) is 1. The van der Waals surface area contributed by atoms with Crippen molar-refractivity contribution in [1.82, 2.24) is 0 Å². The van der Waals surface area contributed by atoms with E-state index < -0.39 is 0 Å². The fraction of sp³-hybridized carbons (Fsp3) is 0.700. The molecule has 0 heterocycles. The van der Waals surface area contributed by atoms with Crippen molar-refractivity contribution in [1.29, 1.82) is 0 Å². The van der Waals surface area contributed by atoms with Crippen molar-refractivity contribution in [2.75, 3.05) is 0 Å². The molecule has 0 aliphatic rings. The highest BCUT2D eigenvalue weighted by Gasteiger charge is 1.96. The summed E-state index contributed by atoms with van der Waals surface area (Å²) in [5.74, 6) is 0.845. The zero-order chi connectivity index (χ0) is 7.82. The van der Waals surface area contributed by atoms with Crippen molar-refractivity contribution in [2.45, 2.75) is 39.5 Å². The van der Waals surface area contributed by atoms with Crippen LogP contribution in [-0.2, 0) is 0 Å². The Balaban J connectivity index is 3.16. The van der Waals surface area contributed by atoms with Gasteiger partial charge in [-0.2, -0.15) is 0 Å². The zero-order valence-corrected chi connectivity index (χ0v) is 7.27. The molecule has 0 saturated carbocycles. The third kappa shape index (κ3) is 5.87. The van der Waals surface area contributed by atoms with Crippen LogP contribution in [0.2, 0.25) is 0 Å². The van der Waals surface area contributed by atoms with Gasteiger partial charge in [0.25, 0.3) is 0 Å². The molecule has 0 rings (SSSR count). The average Bonchev–Trinajstić information content (AvgIpc) is 1.97. The van der Waals surface area contributed by atoms with Gasteiger partial charge in [-0.15, -0.1) is 0 Å². The molecule has 0 aliphatic heterocycles. The van der Waals surface area contributed by atoms with E-state index in [1.165, 1.54) is 25.7 Å². The van der Waals surface area contributed by atoms with E-state index >= 15 is 0 Å². The van der Waals surface area contributed by atoms with Crippen molar-refractivity contribution in [3.05, 3.63) is 19.1 Å². The Morgan fingerprint density at radius 1 is 1.50 bits per heavy atom. The first-order valence-electron chi connectivity index (χ1n) is 4.25. The molecule has 0 nitrogen and oxygen atoms in total. The normalized spacial score (nSPS) is 14.3. The van der Waals surface area contributed by atoms with Crippen LogP contribution in [0.1, 0.15) is 39.5 Å². The van der Waals surface area contributed by atoms with Crippen LogP contribution in [0, 0.1) is 12.8 Å². The standard InChI is InChI=1S/C10H19/c1-4-6-8-10(3)9-7-5-2/h4,6,10H,1,5,7-9H2,2-3H3. The van der Waals surface area contributed by atoms with Crippen LogP contribution in [0.5, 0.6) is 0 Å².